The molecule has 3 aliphatic rings. The predicted octanol–water partition coefficient (Wildman–Crippen LogP) is 2.83. The number of esters is 1. The lowest BCUT2D eigenvalue weighted by molar-refractivity contribution is -0.188. The number of rotatable bonds is 4. The summed E-state index contributed by atoms with van der Waals surface area (Å²) in [5, 5.41) is 0.838. The van der Waals surface area contributed by atoms with Crippen LogP contribution >= 0.6 is 0 Å². The second-order valence-corrected chi connectivity index (χ2v) is 12.5. The van der Waals surface area contributed by atoms with Crippen LogP contribution in [0.5, 0.6) is 0 Å². The average Bonchev–Trinajstić information content (AvgIpc) is 3.26. The molecule has 0 saturated carbocycles. The molecule has 3 aliphatic heterocycles. The normalized spacial score (nSPS) is 35.4. The Morgan fingerprint density at radius 2 is 1.61 bits per heavy atom. The molecule has 6 unspecified atom stereocenters. The average molecular weight is 661 g/mol. The van der Waals surface area contributed by atoms with Crippen LogP contribution < -0.4 is 11.6 Å². The number of ketones is 2. The summed E-state index contributed by atoms with van der Waals surface area (Å²) in [6.07, 6.45) is 1.85. The lowest BCUT2D eigenvalue weighted by atomic mass is 9.77. The number of methoxy groups -OCH3 is 1. The van der Waals surface area contributed by atoms with Crippen molar-refractivity contribution < 1.29 is 47.7 Å². The van der Waals surface area contributed by atoms with Gasteiger partial charge in [0.25, 0.3) is 6.47 Å². The monoisotopic (exact) mass is 660 g/mol. The van der Waals surface area contributed by atoms with Gasteiger partial charge in [-0.2, -0.15) is 0 Å². The van der Waals surface area contributed by atoms with E-state index in [0.717, 1.165) is 17.9 Å². The van der Waals surface area contributed by atoms with Gasteiger partial charge in [-0.1, -0.05) is 27.7 Å². The molecule has 268 valence electrons. The first-order valence-corrected chi connectivity index (χ1v) is 16.0. The van der Waals surface area contributed by atoms with Crippen LogP contribution in [-0.2, 0) is 42.9 Å². The van der Waals surface area contributed by atoms with Crippen molar-refractivity contribution in [2.75, 3.05) is 34.9 Å². The second kappa shape index (κ2) is 19.9. The number of fused-ring (bicyclic) bond motifs is 1. The zero-order valence-electron chi connectivity index (χ0n) is 30.0. The Labute approximate surface area is 275 Å². The van der Waals surface area contributed by atoms with E-state index in [9.17, 15) is 24.0 Å². The fourth-order valence-corrected chi connectivity index (χ4v) is 6.00. The summed E-state index contributed by atoms with van der Waals surface area (Å²) in [5.74, 6) is 2.16. The molecule has 0 bridgehead atoms. The molecule has 0 aromatic heterocycles. The minimum absolute atomic E-state index is 0.0128. The van der Waals surface area contributed by atoms with Crippen LogP contribution in [0.25, 0.3) is 0 Å². The SMILES string of the molecule is CC.CC1C(=O)CC[C@](C)(OC=O)C[C@@H](C)C(=O)C(C)C2N(N)C(=O)O[C@]2(C)COC1=O.CN.COC1CC(N(C)C)CC(C)O1. The third-order valence-electron chi connectivity index (χ3n) is 8.62. The van der Waals surface area contributed by atoms with E-state index in [1.807, 2.05) is 13.8 Å². The summed E-state index contributed by atoms with van der Waals surface area (Å²) >= 11 is 0. The molecule has 0 aromatic carbocycles. The van der Waals surface area contributed by atoms with Crippen molar-refractivity contribution in [3.63, 3.8) is 0 Å². The van der Waals surface area contributed by atoms with E-state index in [1.54, 1.807) is 27.9 Å². The molecule has 0 aromatic rings. The molecule has 4 N–H and O–H groups in total. The van der Waals surface area contributed by atoms with Gasteiger partial charge in [0.05, 0.1) is 6.10 Å². The lowest BCUT2D eigenvalue weighted by Gasteiger charge is -2.36. The summed E-state index contributed by atoms with van der Waals surface area (Å²) in [6, 6.07) is -0.293. The number of hydrogen-bond acceptors (Lipinski definition) is 13. The van der Waals surface area contributed by atoms with Gasteiger partial charge in [-0.25, -0.2) is 15.6 Å². The zero-order chi connectivity index (χ0) is 36.0. The van der Waals surface area contributed by atoms with E-state index in [-0.39, 0.29) is 50.2 Å². The van der Waals surface area contributed by atoms with Crippen LogP contribution in [0.2, 0.25) is 0 Å². The molecule has 3 saturated heterocycles. The molecule has 0 aliphatic carbocycles. The zero-order valence-corrected chi connectivity index (χ0v) is 30.0. The van der Waals surface area contributed by atoms with Crippen molar-refractivity contribution >= 4 is 30.1 Å². The van der Waals surface area contributed by atoms with E-state index in [1.165, 1.54) is 20.9 Å². The number of carbonyl (C=O) groups is 5. The van der Waals surface area contributed by atoms with Gasteiger partial charge >= 0.3 is 12.1 Å². The molecule has 14 nitrogen and oxygen atoms in total. The summed E-state index contributed by atoms with van der Waals surface area (Å²) in [5.41, 5.74) is 2.05. The van der Waals surface area contributed by atoms with E-state index >= 15 is 0 Å². The van der Waals surface area contributed by atoms with Crippen molar-refractivity contribution in [2.45, 2.75) is 123 Å². The van der Waals surface area contributed by atoms with E-state index < -0.39 is 47.1 Å². The van der Waals surface area contributed by atoms with Gasteiger partial charge in [-0.15, -0.1) is 0 Å². The van der Waals surface area contributed by atoms with Crippen LogP contribution in [0.1, 0.15) is 87.5 Å². The summed E-state index contributed by atoms with van der Waals surface area (Å²) < 4.78 is 26.6. The largest absolute Gasteiger partial charge is 0.462 e. The lowest BCUT2D eigenvalue weighted by Crippen LogP contribution is -2.55. The highest BCUT2D eigenvalue weighted by Crippen LogP contribution is 2.36. The van der Waals surface area contributed by atoms with Crippen LogP contribution in [0.3, 0.4) is 0 Å². The number of nitrogens with two attached hydrogens (primary N) is 2. The Bertz CT molecular complexity index is 998. The van der Waals surface area contributed by atoms with Gasteiger partial charge in [0.2, 0.25) is 0 Å². The number of hydrazine groups is 1. The molecule has 0 radical (unpaired) electrons. The van der Waals surface area contributed by atoms with E-state index in [2.05, 4.69) is 31.7 Å². The first-order chi connectivity index (χ1) is 21.5. The number of Topliss-reactive ketones (excluding diaryl/α,β-unsaturated/α-hetero) is 2. The quantitative estimate of drug-likeness (QED) is 0.112. The standard InChI is InChI=1S/C20H30N2O8.C9H19NO2.C2H6.CH5N/c1-11-8-19(4,29-10-23)7-6-14(24)12(2)17(26)28-9-20(5)16(13(3)15(11)25)22(21)18(27)30-20;1-7-5-8(10(2)3)6-9(11-4)12-7;2*1-2/h10-13,16H,6-9,21H2,1-5H3;7-9H,5-6H2,1-4H3;1-2H3;2H2,1H3/t11-,12?,13?,16?,19+,20-;;;/m1.../s1. The number of ether oxygens (including phenoxy) is 5. The summed E-state index contributed by atoms with van der Waals surface area (Å²) in [4.78, 5) is 63.4. The van der Waals surface area contributed by atoms with Gasteiger partial charge in [-0.05, 0) is 68.1 Å². The van der Waals surface area contributed by atoms with E-state index in [4.69, 9.17) is 29.5 Å². The number of carbonyl (C=O) groups excluding carboxylic acids is 5. The van der Waals surface area contributed by atoms with Gasteiger partial charge in [0, 0.05) is 37.8 Å². The molecular weight excluding hydrogens is 600 g/mol. The molecule has 3 heterocycles. The molecule has 3 rings (SSSR count). The first kappa shape index (κ1) is 43.4. The van der Waals surface area contributed by atoms with Crippen molar-refractivity contribution in [1.29, 1.82) is 0 Å². The third-order valence-corrected chi connectivity index (χ3v) is 8.62. The minimum atomic E-state index is -1.37. The Balaban J connectivity index is 0.00000105. The maximum absolute atomic E-state index is 13.2. The van der Waals surface area contributed by atoms with Crippen LogP contribution in [0.4, 0.5) is 4.79 Å². The summed E-state index contributed by atoms with van der Waals surface area (Å²) in [6.45, 7) is 14.0. The summed E-state index contributed by atoms with van der Waals surface area (Å²) in [7, 11) is 7.42. The van der Waals surface area contributed by atoms with Crippen LogP contribution in [0.15, 0.2) is 0 Å². The molecule has 46 heavy (non-hydrogen) atoms. The van der Waals surface area contributed by atoms with Crippen LogP contribution in [-0.4, -0.2) is 111 Å². The highest BCUT2D eigenvalue weighted by molar-refractivity contribution is 5.98. The number of cyclic esters (lactones) is 1. The topological polar surface area (TPSA) is 190 Å². The van der Waals surface area contributed by atoms with Gasteiger partial charge in [-0.3, -0.25) is 19.2 Å². The maximum atomic E-state index is 13.2. The first-order valence-electron chi connectivity index (χ1n) is 16.0. The number of hydrogen-bond donors (Lipinski definition) is 2. The molecule has 9 atom stereocenters. The Morgan fingerprint density at radius 3 is 2.13 bits per heavy atom. The van der Waals surface area contributed by atoms with Gasteiger partial charge in [0.15, 0.2) is 11.9 Å². The second-order valence-electron chi connectivity index (χ2n) is 12.5. The Morgan fingerprint density at radius 1 is 1.02 bits per heavy atom. The van der Waals surface area contributed by atoms with Gasteiger partial charge in [0.1, 0.15) is 35.7 Å². The molecular formula is C32H60N4O10. The van der Waals surface area contributed by atoms with Gasteiger partial charge < -0.3 is 34.3 Å². The highest BCUT2D eigenvalue weighted by atomic mass is 16.7. The Hall–Kier alpha value is -2.65. The molecule has 3 fully saturated rings. The predicted molar refractivity (Wildman–Crippen MR) is 172 cm³/mol. The fourth-order valence-electron chi connectivity index (χ4n) is 6.00. The fraction of sp³-hybridized carbons (Fsp3) is 0.844. The third kappa shape index (κ3) is 11.9. The van der Waals surface area contributed by atoms with E-state index in [0.29, 0.717) is 12.1 Å². The number of amides is 1. The van der Waals surface area contributed by atoms with Crippen molar-refractivity contribution in [3.05, 3.63) is 0 Å². The minimum Gasteiger partial charge on any atom is -0.462 e. The van der Waals surface area contributed by atoms with Crippen molar-refractivity contribution in [2.24, 2.45) is 29.3 Å². The number of nitrogens with zero attached hydrogens (tertiary/aromatic N) is 2. The molecule has 0 spiro atoms. The van der Waals surface area contributed by atoms with Crippen molar-refractivity contribution in [3.8, 4) is 0 Å². The smallest absolute Gasteiger partial charge is 0.425 e. The molecule has 14 heteroatoms. The molecule has 1 amide bonds. The van der Waals surface area contributed by atoms with Crippen molar-refractivity contribution in [1.82, 2.24) is 9.91 Å². The maximum Gasteiger partial charge on any atom is 0.425 e. The highest BCUT2D eigenvalue weighted by Gasteiger charge is 2.55. The Kier molecular flexibility index (Phi) is 18.7. The van der Waals surface area contributed by atoms with Crippen LogP contribution in [0, 0.1) is 17.8 Å².